The van der Waals surface area contributed by atoms with Gasteiger partial charge in [0.15, 0.2) is 0 Å². The summed E-state index contributed by atoms with van der Waals surface area (Å²) in [5.41, 5.74) is -0.548. The molecular formula is C12H24O. The molecule has 78 valence electrons. The second-order valence-electron chi connectivity index (χ2n) is 4.85. The van der Waals surface area contributed by atoms with Gasteiger partial charge in [0.25, 0.3) is 0 Å². The molecule has 0 radical (unpaired) electrons. The van der Waals surface area contributed by atoms with Crippen LogP contribution >= 0.6 is 0 Å². The first kappa shape index (κ1) is 12.7. The molecule has 0 aliphatic heterocycles. The van der Waals surface area contributed by atoms with Crippen molar-refractivity contribution in [1.82, 2.24) is 0 Å². The summed E-state index contributed by atoms with van der Waals surface area (Å²) < 4.78 is 0. The third-order valence-corrected chi connectivity index (χ3v) is 2.47. The predicted molar refractivity (Wildman–Crippen MR) is 58.7 cm³/mol. The summed E-state index contributed by atoms with van der Waals surface area (Å²) in [6.45, 7) is 11.9. The van der Waals surface area contributed by atoms with Gasteiger partial charge >= 0.3 is 0 Å². The highest BCUT2D eigenvalue weighted by molar-refractivity contribution is 4.81. The Morgan fingerprint density at radius 1 is 1.38 bits per heavy atom. The fourth-order valence-corrected chi connectivity index (χ4v) is 1.65. The third-order valence-electron chi connectivity index (χ3n) is 2.47. The highest BCUT2D eigenvalue weighted by Gasteiger charge is 2.26. The highest BCUT2D eigenvalue weighted by atomic mass is 16.3. The lowest BCUT2D eigenvalue weighted by molar-refractivity contribution is 0.00453. The fraction of sp³-hybridized carbons (Fsp3) is 0.833. The topological polar surface area (TPSA) is 20.2 Å². The predicted octanol–water partition coefficient (Wildman–Crippen LogP) is 3.39. The lowest BCUT2D eigenvalue weighted by atomic mass is 9.81. The Morgan fingerprint density at radius 3 is 2.23 bits per heavy atom. The molecule has 0 bridgehead atoms. The molecule has 0 rings (SSSR count). The van der Waals surface area contributed by atoms with Crippen LogP contribution < -0.4 is 0 Å². The summed E-state index contributed by atoms with van der Waals surface area (Å²) in [6, 6.07) is 0. The monoisotopic (exact) mass is 184 g/mol. The second kappa shape index (κ2) is 5.43. The molecule has 0 aromatic rings. The van der Waals surface area contributed by atoms with Crippen molar-refractivity contribution in [1.29, 1.82) is 0 Å². The van der Waals surface area contributed by atoms with Crippen LogP contribution in [0, 0.1) is 11.8 Å². The molecule has 0 saturated carbocycles. The van der Waals surface area contributed by atoms with Crippen molar-refractivity contribution in [3.8, 4) is 0 Å². The zero-order valence-corrected chi connectivity index (χ0v) is 9.51. The molecule has 1 atom stereocenters. The Labute approximate surface area is 82.9 Å². The smallest absolute Gasteiger partial charge is 0.0620 e. The van der Waals surface area contributed by atoms with Crippen LogP contribution in [0.1, 0.15) is 47.0 Å². The van der Waals surface area contributed by atoms with Gasteiger partial charge in [-0.15, -0.1) is 6.58 Å². The first-order chi connectivity index (χ1) is 5.88. The van der Waals surface area contributed by atoms with E-state index in [0.717, 1.165) is 19.3 Å². The Balaban J connectivity index is 4.11. The molecular weight excluding hydrogens is 160 g/mol. The SMILES string of the molecule is C=CCCC(CC(C)C)C(C)(C)O. The molecule has 1 unspecified atom stereocenters. The lowest BCUT2D eigenvalue weighted by Crippen LogP contribution is -2.31. The van der Waals surface area contributed by atoms with Gasteiger partial charge in [-0.1, -0.05) is 19.9 Å². The number of rotatable bonds is 6. The van der Waals surface area contributed by atoms with E-state index in [2.05, 4.69) is 20.4 Å². The molecule has 0 aliphatic rings. The van der Waals surface area contributed by atoms with Gasteiger partial charge in [-0.2, -0.15) is 0 Å². The molecule has 1 nitrogen and oxygen atoms in total. The first-order valence-electron chi connectivity index (χ1n) is 5.21. The fourth-order valence-electron chi connectivity index (χ4n) is 1.65. The number of aliphatic hydroxyl groups is 1. The summed E-state index contributed by atoms with van der Waals surface area (Å²) in [5, 5.41) is 9.92. The van der Waals surface area contributed by atoms with Gasteiger partial charge in [0.2, 0.25) is 0 Å². The molecule has 0 heterocycles. The van der Waals surface area contributed by atoms with Crippen molar-refractivity contribution in [2.45, 2.75) is 52.6 Å². The minimum atomic E-state index is -0.548. The molecule has 0 aliphatic carbocycles. The van der Waals surface area contributed by atoms with Crippen LogP contribution in [0.5, 0.6) is 0 Å². The van der Waals surface area contributed by atoms with Crippen LogP contribution in [-0.4, -0.2) is 10.7 Å². The minimum absolute atomic E-state index is 0.394. The maximum Gasteiger partial charge on any atom is 0.0620 e. The van der Waals surface area contributed by atoms with E-state index in [1.165, 1.54) is 0 Å². The second-order valence-corrected chi connectivity index (χ2v) is 4.85. The summed E-state index contributed by atoms with van der Waals surface area (Å²) >= 11 is 0. The number of allylic oxidation sites excluding steroid dienone is 1. The summed E-state index contributed by atoms with van der Waals surface area (Å²) in [4.78, 5) is 0. The number of hydrogen-bond donors (Lipinski definition) is 1. The summed E-state index contributed by atoms with van der Waals surface area (Å²) in [7, 11) is 0. The van der Waals surface area contributed by atoms with Gasteiger partial charge < -0.3 is 5.11 Å². The van der Waals surface area contributed by atoms with Crippen LogP contribution in [0.3, 0.4) is 0 Å². The van der Waals surface area contributed by atoms with Crippen molar-refractivity contribution in [3.05, 3.63) is 12.7 Å². The standard InChI is InChI=1S/C12H24O/c1-6-7-8-11(9-10(2)3)12(4,5)13/h6,10-11,13H,1,7-9H2,2-5H3. The highest BCUT2D eigenvalue weighted by Crippen LogP contribution is 2.28. The van der Waals surface area contributed by atoms with Crippen molar-refractivity contribution in [2.75, 3.05) is 0 Å². The lowest BCUT2D eigenvalue weighted by Gasteiger charge is -2.30. The maximum atomic E-state index is 9.92. The molecule has 13 heavy (non-hydrogen) atoms. The van der Waals surface area contributed by atoms with Crippen LogP contribution in [-0.2, 0) is 0 Å². The van der Waals surface area contributed by atoms with E-state index in [-0.39, 0.29) is 0 Å². The van der Waals surface area contributed by atoms with E-state index in [4.69, 9.17) is 0 Å². The van der Waals surface area contributed by atoms with Crippen molar-refractivity contribution in [2.24, 2.45) is 11.8 Å². The van der Waals surface area contributed by atoms with Gasteiger partial charge in [0.05, 0.1) is 5.60 Å². The molecule has 0 fully saturated rings. The van der Waals surface area contributed by atoms with E-state index >= 15 is 0 Å². The molecule has 1 N–H and O–H groups in total. The largest absolute Gasteiger partial charge is 0.390 e. The van der Waals surface area contributed by atoms with E-state index in [1.54, 1.807) is 0 Å². The molecule has 0 spiro atoms. The third kappa shape index (κ3) is 5.87. The molecule has 1 heteroatoms. The van der Waals surface area contributed by atoms with Gasteiger partial charge in [0, 0.05) is 0 Å². The van der Waals surface area contributed by atoms with Crippen LogP contribution in [0.2, 0.25) is 0 Å². The Hall–Kier alpha value is -0.300. The molecule has 0 aromatic carbocycles. The van der Waals surface area contributed by atoms with Crippen LogP contribution in [0.25, 0.3) is 0 Å². The van der Waals surface area contributed by atoms with Gasteiger partial charge in [-0.25, -0.2) is 0 Å². The van der Waals surface area contributed by atoms with E-state index in [9.17, 15) is 5.11 Å². The molecule has 0 aromatic heterocycles. The summed E-state index contributed by atoms with van der Waals surface area (Å²) in [6.07, 6.45) is 5.07. The van der Waals surface area contributed by atoms with Gasteiger partial charge in [0.1, 0.15) is 0 Å². The molecule has 0 amide bonds. The zero-order valence-electron chi connectivity index (χ0n) is 9.51. The Kier molecular flexibility index (Phi) is 5.31. The normalized spacial score (nSPS) is 14.6. The van der Waals surface area contributed by atoms with Crippen LogP contribution in [0.15, 0.2) is 12.7 Å². The average molecular weight is 184 g/mol. The van der Waals surface area contributed by atoms with Gasteiger partial charge in [-0.05, 0) is 44.9 Å². The Morgan fingerprint density at radius 2 is 1.92 bits per heavy atom. The Bertz CT molecular complexity index is 142. The maximum absolute atomic E-state index is 9.92. The van der Waals surface area contributed by atoms with E-state index in [0.29, 0.717) is 11.8 Å². The minimum Gasteiger partial charge on any atom is -0.390 e. The molecule has 0 saturated heterocycles. The zero-order chi connectivity index (χ0) is 10.5. The van der Waals surface area contributed by atoms with Crippen molar-refractivity contribution in [3.63, 3.8) is 0 Å². The average Bonchev–Trinajstić information content (AvgIpc) is 1.95. The van der Waals surface area contributed by atoms with Crippen molar-refractivity contribution < 1.29 is 5.11 Å². The van der Waals surface area contributed by atoms with Gasteiger partial charge in [-0.3, -0.25) is 0 Å². The summed E-state index contributed by atoms with van der Waals surface area (Å²) in [5.74, 6) is 1.05. The van der Waals surface area contributed by atoms with Crippen LogP contribution in [0.4, 0.5) is 0 Å². The van der Waals surface area contributed by atoms with E-state index < -0.39 is 5.60 Å². The van der Waals surface area contributed by atoms with E-state index in [1.807, 2.05) is 19.9 Å². The van der Waals surface area contributed by atoms with Crippen molar-refractivity contribution >= 4 is 0 Å². The number of hydrogen-bond acceptors (Lipinski definition) is 1. The first-order valence-corrected chi connectivity index (χ1v) is 5.21. The quantitative estimate of drug-likeness (QED) is 0.627.